The normalized spacial score (nSPS) is 18.4. The molecule has 8 nitrogen and oxygen atoms in total. The Kier molecular flexibility index (Phi) is 7.28. The van der Waals surface area contributed by atoms with Crippen molar-refractivity contribution in [2.45, 2.75) is 70.1 Å². The quantitative estimate of drug-likeness (QED) is 0.208. The molecule has 0 spiro atoms. The van der Waals surface area contributed by atoms with E-state index in [0.717, 1.165) is 55.2 Å². The standard InChI is InChI=1S/C31H32FN5O3/c32-25-11-10-21(26-15-28(31(40)37-35-26)33-30-16-27(34-36-30)18-8-9-18)13-20(25)4-1-2-7-29(39)23-12-19-5-3-6-22(17-38)24(19)14-23/h10-11,13-18,22H,1-9,12H2,(H,37,40)(H2,33,34,35,36). The molecule has 1 fully saturated rings. The maximum atomic E-state index is 14.6. The maximum Gasteiger partial charge on any atom is 0.287 e. The Hall–Kier alpha value is -4.14. The van der Waals surface area contributed by atoms with Crippen LogP contribution in [-0.4, -0.2) is 32.5 Å². The summed E-state index contributed by atoms with van der Waals surface area (Å²) < 4.78 is 14.6. The molecule has 3 aliphatic carbocycles. The fraction of sp³-hybridized carbons (Fsp3) is 0.387. The number of nitrogens with one attached hydrogen (secondary N) is 3. The van der Waals surface area contributed by atoms with Gasteiger partial charge < -0.3 is 10.1 Å². The Morgan fingerprint density at radius 2 is 1.98 bits per heavy atom. The zero-order valence-corrected chi connectivity index (χ0v) is 22.3. The molecule has 0 amide bonds. The van der Waals surface area contributed by atoms with Crippen LogP contribution in [0, 0.1) is 11.7 Å². The molecule has 40 heavy (non-hydrogen) atoms. The second kappa shape index (κ2) is 11.2. The summed E-state index contributed by atoms with van der Waals surface area (Å²) in [6.45, 7) is 0. The molecule has 2 heterocycles. The molecule has 1 atom stereocenters. The molecule has 206 valence electrons. The molecule has 0 aliphatic heterocycles. The van der Waals surface area contributed by atoms with Crippen molar-refractivity contribution in [3.63, 3.8) is 0 Å². The van der Waals surface area contributed by atoms with Crippen molar-refractivity contribution in [1.29, 1.82) is 0 Å². The van der Waals surface area contributed by atoms with Gasteiger partial charge in [0.25, 0.3) is 5.56 Å². The lowest BCUT2D eigenvalue weighted by Gasteiger charge is -2.19. The Labute approximate surface area is 231 Å². The number of unbranched alkanes of at least 4 members (excludes halogenated alkanes) is 1. The number of allylic oxidation sites excluding steroid dienone is 4. The number of carbonyl (C=O) groups excluding carboxylic acids is 2. The molecule has 6 rings (SSSR count). The topological polar surface area (TPSA) is 121 Å². The number of Topliss-reactive ketones (excluding diaryl/α,β-unsaturated/α-hetero) is 1. The lowest BCUT2D eigenvalue weighted by atomic mass is 9.85. The first-order valence-corrected chi connectivity index (χ1v) is 14.1. The average Bonchev–Trinajstić information content (AvgIpc) is 3.54. The summed E-state index contributed by atoms with van der Waals surface area (Å²) in [5, 5.41) is 17.0. The number of hydrogen-bond acceptors (Lipinski definition) is 6. The van der Waals surface area contributed by atoms with Gasteiger partial charge in [-0.3, -0.25) is 14.7 Å². The van der Waals surface area contributed by atoms with Crippen molar-refractivity contribution >= 4 is 23.6 Å². The van der Waals surface area contributed by atoms with Crippen LogP contribution in [0.4, 0.5) is 15.9 Å². The number of aldehydes is 1. The third kappa shape index (κ3) is 5.59. The molecule has 1 unspecified atom stereocenters. The van der Waals surface area contributed by atoms with Crippen molar-refractivity contribution in [3.05, 3.63) is 80.6 Å². The van der Waals surface area contributed by atoms with Gasteiger partial charge in [-0.2, -0.15) is 10.2 Å². The van der Waals surface area contributed by atoms with Gasteiger partial charge in [0.2, 0.25) is 0 Å². The summed E-state index contributed by atoms with van der Waals surface area (Å²) in [6, 6.07) is 8.35. The first kappa shape index (κ1) is 26.1. The van der Waals surface area contributed by atoms with Gasteiger partial charge in [-0.05, 0) is 98.8 Å². The largest absolute Gasteiger partial charge is 0.334 e. The van der Waals surface area contributed by atoms with E-state index in [9.17, 15) is 18.8 Å². The predicted molar refractivity (Wildman–Crippen MR) is 150 cm³/mol. The number of nitrogens with zero attached hydrogens (tertiary/aromatic N) is 2. The van der Waals surface area contributed by atoms with E-state index in [1.807, 2.05) is 12.1 Å². The van der Waals surface area contributed by atoms with Crippen molar-refractivity contribution in [2.24, 2.45) is 5.92 Å². The first-order valence-electron chi connectivity index (χ1n) is 14.1. The van der Waals surface area contributed by atoms with Crippen molar-refractivity contribution < 1.29 is 14.0 Å². The number of rotatable bonds is 11. The number of benzene rings is 1. The van der Waals surface area contributed by atoms with Crippen LogP contribution >= 0.6 is 0 Å². The van der Waals surface area contributed by atoms with E-state index in [1.54, 1.807) is 18.2 Å². The van der Waals surface area contributed by atoms with E-state index in [2.05, 4.69) is 25.7 Å². The number of aryl methyl sites for hydroxylation is 1. The molecule has 3 aromatic rings. The van der Waals surface area contributed by atoms with Crippen LogP contribution in [0.25, 0.3) is 11.3 Å². The zero-order chi connectivity index (χ0) is 27.6. The van der Waals surface area contributed by atoms with Gasteiger partial charge in [0.05, 0.1) is 5.69 Å². The van der Waals surface area contributed by atoms with E-state index in [-0.39, 0.29) is 23.1 Å². The summed E-state index contributed by atoms with van der Waals surface area (Å²) in [5.74, 6) is 0.817. The predicted octanol–water partition coefficient (Wildman–Crippen LogP) is 5.83. The molecular formula is C31H32FN5O3. The summed E-state index contributed by atoms with van der Waals surface area (Å²) in [6.07, 6.45) is 10.9. The van der Waals surface area contributed by atoms with Crippen molar-refractivity contribution in [1.82, 2.24) is 20.4 Å². The van der Waals surface area contributed by atoms with E-state index in [1.165, 1.54) is 11.6 Å². The van der Waals surface area contributed by atoms with Crippen LogP contribution in [0.1, 0.15) is 75.0 Å². The summed E-state index contributed by atoms with van der Waals surface area (Å²) in [5.41, 5.74) is 5.83. The Morgan fingerprint density at radius 3 is 2.80 bits per heavy atom. The van der Waals surface area contributed by atoms with Gasteiger partial charge in [-0.1, -0.05) is 11.6 Å². The third-order valence-electron chi connectivity index (χ3n) is 8.18. The average molecular weight is 542 g/mol. The molecule has 3 aliphatic rings. The van der Waals surface area contributed by atoms with Gasteiger partial charge >= 0.3 is 0 Å². The second-order valence-corrected chi connectivity index (χ2v) is 11.1. The minimum atomic E-state index is -0.373. The molecule has 1 saturated carbocycles. The zero-order valence-electron chi connectivity index (χ0n) is 22.3. The Bertz CT molecular complexity index is 1580. The number of H-pyrrole nitrogens is 2. The molecule has 0 radical (unpaired) electrons. The first-order chi connectivity index (χ1) is 19.5. The van der Waals surface area contributed by atoms with Crippen molar-refractivity contribution in [2.75, 3.05) is 5.32 Å². The Morgan fingerprint density at radius 1 is 1.10 bits per heavy atom. The molecule has 3 N–H and O–H groups in total. The number of ketones is 1. The van der Waals surface area contributed by atoms with Gasteiger partial charge in [-0.15, -0.1) is 0 Å². The SMILES string of the molecule is O=CC1CCCC2=C1C=C(C(=O)CCCCc1cc(-c3cc(Nc4cc(C5CC5)[nH]n4)c(=O)[nH]n3)ccc1F)C2. The van der Waals surface area contributed by atoms with E-state index >= 15 is 0 Å². The summed E-state index contributed by atoms with van der Waals surface area (Å²) in [7, 11) is 0. The van der Waals surface area contributed by atoms with Gasteiger partial charge in [0.1, 0.15) is 17.8 Å². The molecule has 0 saturated heterocycles. The van der Waals surface area contributed by atoms with Gasteiger partial charge in [0, 0.05) is 35.6 Å². The fourth-order valence-electron chi connectivity index (χ4n) is 5.76. The fourth-order valence-corrected chi connectivity index (χ4v) is 5.76. The minimum Gasteiger partial charge on any atom is -0.334 e. The van der Waals surface area contributed by atoms with Crippen LogP contribution in [-0.2, 0) is 16.0 Å². The number of aromatic nitrogens is 4. The monoisotopic (exact) mass is 541 g/mol. The third-order valence-corrected chi connectivity index (χ3v) is 8.18. The van der Waals surface area contributed by atoms with Crippen LogP contribution in [0.15, 0.2) is 57.9 Å². The van der Waals surface area contributed by atoms with E-state index in [0.29, 0.717) is 66.3 Å². The molecule has 1 aromatic carbocycles. The highest BCUT2D eigenvalue weighted by atomic mass is 19.1. The Balaban J connectivity index is 1.07. The molecule has 2 aromatic heterocycles. The molecule has 9 heteroatoms. The van der Waals surface area contributed by atoms with Crippen LogP contribution in [0.2, 0.25) is 0 Å². The van der Waals surface area contributed by atoms with Crippen LogP contribution in [0.3, 0.4) is 0 Å². The van der Waals surface area contributed by atoms with E-state index < -0.39 is 0 Å². The number of anilines is 2. The second-order valence-electron chi connectivity index (χ2n) is 11.1. The van der Waals surface area contributed by atoms with Gasteiger partial charge in [0.15, 0.2) is 11.6 Å². The smallest absolute Gasteiger partial charge is 0.287 e. The van der Waals surface area contributed by atoms with Gasteiger partial charge in [-0.25, -0.2) is 9.49 Å². The summed E-state index contributed by atoms with van der Waals surface area (Å²) >= 11 is 0. The molecule has 0 bridgehead atoms. The number of carbonyl (C=O) groups is 2. The number of halogens is 1. The van der Waals surface area contributed by atoms with Crippen molar-refractivity contribution in [3.8, 4) is 11.3 Å². The van der Waals surface area contributed by atoms with Crippen LogP contribution in [0.5, 0.6) is 0 Å². The molecular weight excluding hydrogens is 509 g/mol. The minimum absolute atomic E-state index is 0.0708. The van der Waals surface area contributed by atoms with E-state index in [4.69, 9.17) is 0 Å². The highest BCUT2D eigenvalue weighted by molar-refractivity contribution is 5.97. The number of hydrogen-bond donors (Lipinski definition) is 3. The maximum absolute atomic E-state index is 14.6. The summed E-state index contributed by atoms with van der Waals surface area (Å²) in [4.78, 5) is 36.6. The van der Waals surface area contributed by atoms with Crippen LogP contribution < -0.4 is 10.9 Å². The number of aromatic amines is 2. The lowest BCUT2D eigenvalue weighted by molar-refractivity contribution is -0.115. The highest BCUT2D eigenvalue weighted by Gasteiger charge is 2.28. The lowest BCUT2D eigenvalue weighted by Crippen LogP contribution is -2.13. The highest BCUT2D eigenvalue weighted by Crippen LogP contribution is 2.40.